The molecule has 0 amide bonds. The zero-order valence-electron chi connectivity index (χ0n) is 9.64. The number of hydrogen-bond acceptors (Lipinski definition) is 5. The summed E-state index contributed by atoms with van der Waals surface area (Å²) in [5.74, 6) is -1.23. The maximum Gasteiger partial charge on any atom is 0.428 e. The van der Waals surface area contributed by atoms with E-state index < -0.39 is 29.4 Å². The van der Waals surface area contributed by atoms with Gasteiger partial charge in [-0.2, -0.15) is 9.30 Å². The molecule has 0 bridgehead atoms. The van der Waals surface area contributed by atoms with Gasteiger partial charge in [0, 0.05) is 0 Å². The molecule has 2 atom stereocenters. The average Bonchev–Trinajstić information content (AvgIpc) is 2.87. The molecule has 102 valence electrons. The number of aliphatic hydroxyl groups excluding tert-OH is 1. The van der Waals surface area contributed by atoms with Gasteiger partial charge in [-0.3, -0.25) is 4.57 Å². The quantitative estimate of drug-likeness (QED) is 0.468. The standard InChI is InChI=1S/C9H10FN5O4/c10-6-3-14(7-2-1-5(4-16)19-7)9(18)15(8(6)17)13-12-11/h3,5,7,16H,1-2,4H2/t5-,7+/m1/s1. The molecule has 1 aliphatic rings. The molecule has 10 heteroatoms. The van der Waals surface area contributed by atoms with Crippen LogP contribution in [0.5, 0.6) is 0 Å². The first kappa shape index (κ1) is 13.3. The van der Waals surface area contributed by atoms with Gasteiger partial charge in [0.15, 0.2) is 0 Å². The fourth-order valence-corrected chi connectivity index (χ4v) is 1.88. The lowest BCUT2D eigenvalue weighted by Gasteiger charge is -2.13. The van der Waals surface area contributed by atoms with Gasteiger partial charge >= 0.3 is 11.2 Å². The van der Waals surface area contributed by atoms with Crippen LogP contribution in [0.2, 0.25) is 0 Å². The predicted molar refractivity (Wildman–Crippen MR) is 59.7 cm³/mol. The zero-order chi connectivity index (χ0) is 14.0. The summed E-state index contributed by atoms with van der Waals surface area (Å²) in [6.45, 7) is -0.219. The molecule has 0 radical (unpaired) electrons. The Morgan fingerprint density at radius 2 is 2.32 bits per heavy atom. The van der Waals surface area contributed by atoms with E-state index in [0.29, 0.717) is 19.0 Å². The van der Waals surface area contributed by atoms with E-state index in [1.165, 1.54) is 0 Å². The summed E-state index contributed by atoms with van der Waals surface area (Å²) in [7, 11) is 0. The Morgan fingerprint density at radius 3 is 2.89 bits per heavy atom. The molecule has 1 aromatic heterocycles. The molecule has 2 rings (SSSR count). The molecule has 9 nitrogen and oxygen atoms in total. The third-order valence-electron chi connectivity index (χ3n) is 2.78. The molecule has 1 saturated heterocycles. The monoisotopic (exact) mass is 271 g/mol. The van der Waals surface area contributed by atoms with Gasteiger partial charge < -0.3 is 9.84 Å². The van der Waals surface area contributed by atoms with Gasteiger partial charge in [-0.15, -0.1) is 5.53 Å². The molecule has 19 heavy (non-hydrogen) atoms. The number of aromatic nitrogens is 2. The van der Waals surface area contributed by atoms with Gasteiger partial charge in [0.1, 0.15) is 6.23 Å². The molecule has 0 spiro atoms. The van der Waals surface area contributed by atoms with E-state index in [1.807, 2.05) is 0 Å². The molecule has 1 aliphatic heterocycles. The van der Waals surface area contributed by atoms with Crippen LogP contribution >= 0.6 is 0 Å². The summed E-state index contributed by atoms with van der Waals surface area (Å²) in [6.07, 6.45) is 0.327. The molecule has 1 N–H and O–H groups in total. The normalized spacial score (nSPS) is 22.2. The van der Waals surface area contributed by atoms with Crippen LogP contribution in [-0.4, -0.2) is 27.1 Å². The minimum absolute atomic E-state index is 0.0883. The highest BCUT2D eigenvalue weighted by Crippen LogP contribution is 2.26. The number of ether oxygens (including phenoxy) is 1. The first-order valence-electron chi connectivity index (χ1n) is 5.44. The third-order valence-corrected chi connectivity index (χ3v) is 2.78. The zero-order valence-corrected chi connectivity index (χ0v) is 9.64. The number of nitrogens with zero attached hydrogens (tertiary/aromatic N) is 5. The van der Waals surface area contributed by atoms with E-state index >= 15 is 0 Å². The summed E-state index contributed by atoms with van der Waals surface area (Å²) in [6, 6.07) is 0. The second-order valence-corrected chi connectivity index (χ2v) is 3.94. The Kier molecular flexibility index (Phi) is 3.65. The van der Waals surface area contributed by atoms with Gasteiger partial charge in [-0.25, -0.2) is 9.59 Å². The highest BCUT2D eigenvalue weighted by Gasteiger charge is 2.29. The molecule has 0 aliphatic carbocycles. The van der Waals surface area contributed by atoms with E-state index in [0.717, 1.165) is 4.57 Å². The van der Waals surface area contributed by atoms with Crippen molar-refractivity contribution in [2.75, 3.05) is 6.61 Å². The summed E-state index contributed by atoms with van der Waals surface area (Å²) in [4.78, 5) is 25.5. The highest BCUT2D eigenvalue weighted by molar-refractivity contribution is 4.92. The van der Waals surface area contributed by atoms with Crippen molar-refractivity contribution in [3.05, 3.63) is 43.3 Å². The molecule has 0 unspecified atom stereocenters. The largest absolute Gasteiger partial charge is 0.428 e. The third kappa shape index (κ3) is 2.36. The lowest BCUT2D eigenvalue weighted by atomic mass is 10.2. The summed E-state index contributed by atoms with van der Waals surface area (Å²) in [5, 5.41) is 11.8. The van der Waals surface area contributed by atoms with Crippen LogP contribution in [0.1, 0.15) is 19.1 Å². The summed E-state index contributed by atoms with van der Waals surface area (Å²) in [5.41, 5.74) is 5.94. The average molecular weight is 271 g/mol. The van der Waals surface area contributed by atoms with Crippen LogP contribution in [0.3, 0.4) is 0 Å². The van der Waals surface area contributed by atoms with E-state index in [-0.39, 0.29) is 11.3 Å². The van der Waals surface area contributed by atoms with Crippen LogP contribution < -0.4 is 11.2 Å². The van der Waals surface area contributed by atoms with Gasteiger partial charge in [-0.05, 0) is 18.1 Å². The molecular formula is C9H10FN5O4. The maximum atomic E-state index is 13.4. The minimum Gasteiger partial charge on any atom is -0.394 e. The Morgan fingerprint density at radius 1 is 1.58 bits per heavy atom. The van der Waals surface area contributed by atoms with Crippen molar-refractivity contribution in [1.29, 1.82) is 0 Å². The topological polar surface area (TPSA) is 122 Å². The predicted octanol–water partition coefficient (Wildman–Crippen LogP) is -0.108. The molecule has 2 heterocycles. The van der Waals surface area contributed by atoms with Crippen LogP contribution in [0.4, 0.5) is 4.39 Å². The Balaban J connectivity index is 2.51. The number of aliphatic hydroxyl groups is 1. The fourth-order valence-electron chi connectivity index (χ4n) is 1.88. The van der Waals surface area contributed by atoms with Crippen molar-refractivity contribution in [3.8, 4) is 0 Å². The number of rotatable bonds is 3. The lowest BCUT2D eigenvalue weighted by molar-refractivity contribution is -0.0256. The number of azide groups is 1. The van der Waals surface area contributed by atoms with E-state index in [2.05, 4.69) is 10.1 Å². The van der Waals surface area contributed by atoms with Crippen LogP contribution in [0.15, 0.2) is 21.0 Å². The SMILES string of the molecule is [N-]=[N+]=Nn1c(=O)c(F)cn([C@@H]2CC[C@H](CO)O2)c1=O. The van der Waals surface area contributed by atoms with Crippen molar-refractivity contribution in [1.82, 2.24) is 9.24 Å². The van der Waals surface area contributed by atoms with Crippen molar-refractivity contribution < 1.29 is 14.2 Å². The molecule has 0 saturated carbocycles. The fraction of sp³-hybridized carbons (Fsp3) is 0.556. The van der Waals surface area contributed by atoms with Crippen LogP contribution in [0, 0.1) is 5.82 Å². The highest BCUT2D eigenvalue weighted by atomic mass is 19.1. The van der Waals surface area contributed by atoms with E-state index in [9.17, 15) is 14.0 Å². The van der Waals surface area contributed by atoms with Crippen LogP contribution in [0.25, 0.3) is 10.4 Å². The van der Waals surface area contributed by atoms with Crippen molar-refractivity contribution in [2.45, 2.75) is 25.2 Å². The summed E-state index contributed by atoms with van der Waals surface area (Å²) >= 11 is 0. The Hall–Kier alpha value is -2.16. The minimum atomic E-state index is -1.32. The molecule has 0 aromatic carbocycles. The van der Waals surface area contributed by atoms with Gasteiger partial charge in [0.2, 0.25) is 5.82 Å². The smallest absolute Gasteiger partial charge is 0.394 e. The molecular weight excluding hydrogens is 261 g/mol. The van der Waals surface area contributed by atoms with Crippen molar-refractivity contribution in [3.63, 3.8) is 0 Å². The lowest BCUT2D eigenvalue weighted by Crippen LogP contribution is -2.40. The first-order chi connectivity index (χ1) is 9.08. The van der Waals surface area contributed by atoms with Gasteiger partial charge in [0.05, 0.1) is 18.9 Å². The maximum absolute atomic E-state index is 13.4. The first-order valence-corrected chi connectivity index (χ1v) is 5.44. The second kappa shape index (κ2) is 5.22. The van der Waals surface area contributed by atoms with Crippen molar-refractivity contribution >= 4 is 0 Å². The molecule has 1 fully saturated rings. The summed E-state index contributed by atoms with van der Waals surface area (Å²) < 4.78 is 19.6. The molecule has 1 aromatic rings. The number of hydrogen-bond donors (Lipinski definition) is 1. The van der Waals surface area contributed by atoms with E-state index in [1.54, 1.807) is 0 Å². The second-order valence-electron chi connectivity index (χ2n) is 3.94. The van der Waals surface area contributed by atoms with Crippen molar-refractivity contribution in [2.24, 2.45) is 5.22 Å². The van der Waals surface area contributed by atoms with Gasteiger partial charge in [-0.1, -0.05) is 4.68 Å². The Labute approximate surface area is 105 Å². The van der Waals surface area contributed by atoms with Gasteiger partial charge in [0.25, 0.3) is 0 Å². The van der Waals surface area contributed by atoms with E-state index in [4.69, 9.17) is 15.4 Å². The Bertz CT molecular complexity index is 647. The van der Waals surface area contributed by atoms with Crippen LogP contribution in [-0.2, 0) is 4.74 Å². The number of halogens is 1.